The number of ether oxygens (including phenoxy) is 1. The van der Waals surface area contributed by atoms with Crippen LogP contribution in [0.4, 0.5) is 0 Å². The molecule has 0 bridgehead atoms. The summed E-state index contributed by atoms with van der Waals surface area (Å²) in [6.45, 7) is 2.44. The number of benzene rings is 1. The highest BCUT2D eigenvalue weighted by atomic mass is 16.5. The lowest BCUT2D eigenvalue weighted by Gasteiger charge is -2.11. The molecule has 1 aliphatic carbocycles. The van der Waals surface area contributed by atoms with E-state index in [-0.39, 0.29) is 6.10 Å². The number of pyridine rings is 1. The first-order valence-corrected chi connectivity index (χ1v) is 6.59. The molecule has 0 aliphatic heterocycles. The van der Waals surface area contributed by atoms with Crippen LogP contribution in [0, 0.1) is 6.92 Å². The van der Waals surface area contributed by atoms with E-state index in [1.54, 1.807) is 0 Å². The van der Waals surface area contributed by atoms with Crippen molar-refractivity contribution in [2.24, 2.45) is 0 Å². The summed E-state index contributed by atoms with van der Waals surface area (Å²) in [5.74, 6) is 0.873. The maximum Gasteiger partial charge on any atom is 0.130 e. The Labute approximate surface area is 112 Å². The molecule has 1 unspecified atom stereocenters. The van der Waals surface area contributed by atoms with E-state index in [9.17, 15) is 5.11 Å². The van der Waals surface area contributed by atoms with Gasteiger partial charge in [-0.25, -0.2) is 0 Å². The first-order valence-electron chi connectivity index (χ1n) is 6.59. The van der Waals surface area contributed by atoms with Crippen molar-refractivity contribution in [2.45, 2.75) is 32.5 Å². The SMILES string of the molecule is Cc1cccc(COc2cccc3c2CCC3O)n1. The third-order valence-electron chi connectivity index (χ3n) is 3.52. The van der Waals surface area contributed by atoms with E-state index in [0.29, 0.717) is 6.61 Å². The average Bonchev–Trinajstić information content (AvgIpc) is 2.79. The topological polar surface area (TPSA) is 42.4 Å². The highest BCUT2D eigenvalue weighted by molar-refractivity contribution is 5.44. The van der Waals surface area contributed by atoms with Gasteiger partial charge in [0.15, 0.2) is 0 Å². The molecule has 98 valence electrons. The zero-order chi connectivity index (χ0) is 13.2. The Bertz CT molecular complexity index is 595. The van der Waals surface area contributed by atoms with E-state index in [0.717, 1.165) is 41.1 Å². The zero-order valence-electron chi connectivity index (χ0n) is 11.0. The van der Waals surface area contributed by atoms with Gasteiger partial charge in [0.2, 0.25) is 0 Å². The number of aromatic nitrogens is 1. The largest absolute Gasteiger partial charge is 0.487 e. The summed E-state index contributed by atoms with van der Waals surface area (Å²) in [6, 6.07) is 11.8. The Morgan fingerprint density at radius 1 is 1.26 bits per heavy atom. The van der Waals surface area contributed by atoms with Gasteiger partial charge in [0.05, 0.1) is 11.8 Å². The molecule has 2 aromatic rings. The number of aliphatic hydroxyl groups excluding tert-OH is 1. The number of hydrogen-bond acceptors (Lipinski definition) is 3. The zero-order valence-corrected chi connectivity index (χ0v) is 11.0. The second-order valence-corrected chi connectivity index (χ2v) is 4.94. The van der Waals surface area contributed by atoms with Gasteiger partial charge in [-0.1, -0.05) is 18.2 Å². The third-order valence-corrected chi connectivity index (χ3v) is 3.52. The molecule has 1 heterocycles. The van der Waals surface area contributed by atoms with E-state index >= 15 is 0 Å². The van der Waals surface area contributed by atoms with Crippen LogP contribution in [0.1, 0.15) is 35.0 Å². The van der Waals surface area contributed by atoms with Gasteiger partial charge in [0.25, 0.3) is 0 Å². The van der Waals surface area contributed by atoms with Crippen LogP contribution in [0.3, 0.4) is 0 Å². The summed E-state index contributed by atoms with van der Waals surface area (Å²) in [4.78, 5) is 4.42. The second-order valence-electron chi connectivity index (χ2n) is 4.94. The van der Waals surface area contributed by atoms with Gasteiger partial charge < -0.3 is 9.84 Å². The van der Waals surface area contributed by atoms with Gasteiger partial charge in [-0.05, 0) is 43.5 Å². The minimum Gasteiger partial charge on any atom is -0.487 e. The fraction of sp³-hybridized carbons (Fsp3) is 0.312. The van der Waals surface area contributed by atoms with Crippen LogP contribution >= 0.6 is 0 Å². The molecule has 19 heavy (non-hydrogen) atoms. The fourth-order valence-electron chi connectivity index (χ4n) is 2.57. The van der Waals surface area contributed by atoms with Crippen molar-refractivity contribution in [1.29, 1.82) is 0 Å². The fourth-order valence-corrected chi connectivity index (χ4v) is 2.57. The molecule has 3 heteroatoms. The monoisotopic (exact) mass is 255 g/mol. The van der Waals surface area contributed by atoms with Crippen LogP contribution in [-0.2, 0) is 13.0 Å². The van der Waals surface area contributed by atoms with Crippen LogP contribution < -0.4 is 4.74 Å². The molecule has 3 nitrogen and oxygen atoms in total. The summed E-state index contributed by atoms with van der Waals surface area (Å²) in [5.41, 5.74) is 4.07. The minimum atomic E-state index is -0.337. The molecule has 0 radical (unpaired) electrons. The van der Waals surface area contributed by atoms with Gasteiger partial charge in [-0.3, -0.25) is 4.98 Å². The molecule has 0 fully saturated rings. The predicted molar refractivity (Wildman–Crippen MR) is 73.0 cm³/mol. The Morgan fingerprint density at radius 2 is 2.11 bits per heavy atom. The van der Waals surface area contributed by atoms with E-state index in [2.05, 4.69) is 4.98 Å². The van der Waals surface area contributed by atoms with Gasteiger partial charge in [-0.15, -0.1) is 0 Å². The van der Waals surface area contributed by atoms with Crippen LogP contribution in [0.2, 0.25) is 0 Å². The van der Waals surface area contributed by atoms with Crippen molar-refractivity contribution >= 4 is 0 Å². The van der Waals surface area contributed by atoms with Crippen molar-refractivity contribution in [2.75, 3.05) is 0 Å². The lowest BCUT2D eigenvalue weighted by molar-refractivity contribution is 0.180. The summed E-state index contributed by atoms with van der Waals surface area (Å²) < 4.78 is 5.86. The average molecular weight is 255 g/mol. The summed E-state index contributed by atoms with van der Waals surface area (Å²) in [6.07, 6.45) is 1.34. The lowest BCUT2D eigenvalue weighted by atomic mass is 10.1. The van der Waals surface area contributed by atoms with Crippen molar-refractivity contribution in [1.82, 2.24) is 4.98 Å². The molecule has 0 saturated heterocycles. The highest BCUT2D eigenvalue weighted by Crippen LogP contribution is 2.36. The van der Waals surface area contributed by atoms with Gasteiger partial charge in [-0.2, -0.15) is 0 Å². The van der Waals surface area contributed by atoms with E-state index in [1.165, 1.54) is 0 Å². The van der Waals surface area contributed by atoms with Gasteiger partial charge >= 0.3 is 0 Å². The number of aryl methyl sites for hydroxylation is 1. The lowest BCUT2D eigenvalue weighted by Crippen LogP contribution is -2.01. The maximum absolute atomic E-state index is 9.86. The molecule has 0 spiro atoms. The number of fused-ring (bicyclic) bond motifs is 1. The normalized spacial score (nSPS) is 17.3. The van der Waals surface area contributed by atoms with Crippen LogP contribution in [0.5, 0.6) is 5.75 Å². The molecule has 1 aromatic heterocycles. The van der Waals surface area contributed by atoms with Crippen molar-refractivity contribution in [3.8, 4) is 5.75 Å². The molecule has 1 aromatic carbocycles. The minimum absolute atomic E-state index is 0.337. The number of aliphatic hydroxyl groups is 1. The van der Waals surface area contributed by atoms with E-state index in [1.807, 2.05) is 43.3 Å². The number of rotatable bonds is 3. The third kappa shape index (κ3) is 2.47. The number of nitrogens with zero attached hydrogens (tertiary/aromatic N) is 1. The predicted octanol–water partition coefficient (Wildman–Crippen LogP) is 2.95. The smallest absolute Gasteiger partial charge is 0.130 e. The number of hydrogen-bond donors (Lipinski definition) is 1. The van der Waals surface area contributed by atoms with Gasteiger partial charge in [0.1, 0.15) is 12.4 Å². The molecular weight excluding hydrogens is 238 g/mol. The van der Waals surface area contributed by atoms with E-state index < -0.39 is 0 Å². The molecule has 0 saturated carbocycles. The van der Waals surface area contributed by atoms with E-state index in [4.69, 9.17) is 4.74 Å². The molecular formula is C16H17NO2. The molecule has 3 rings (SSSR count). The molecule has 1 N–H and O–H groups in total. The molecule has 0 amide bonds. The molecule has 1 aliphatic rings. The maximum atomic E-state index is 9.86. The van der Waals surface area contributed by atoms with Crippen LogP contribution in [0.15, 0.2) is 36.4 Å². The van der Waals surface area contributed by atoms with Crippen LogP contribution in [0.25, 0.3) is 0 Å². The highest BCUT2D eigenvalue weighted by Gasteiger charge is 2.23. The Balaban J connectivity index is 1.78. The van der Waals surface area contributed by atoms with Crippen molar-refractivity contribution in [3.05, 3.63) is 58.9 Å². The van der Waals surface area contributed by atoms with Crippen molar-refractivity contribution in [3.63, 3.8) is 0 Å². The standard InChI is InChI=1S/C16H17NO2/c1-11-4-2-5-12(17-11)10-19-16-7-3-6-13-14(16)8-9-15(13)18/h2-7,15,18H,8-10H2,1H3. The Morgan fingerprint density at radius 3 is 2.95 bits per heavy atom. The Hall–Kier alpha value is -1.87. The Kier molecular flexibility index (Phi) is 3.22. The van der Waals surface area contributed by atoms with Crippen LogP contribution in [-0.4, -0.2) is 10.1 Å². The second kappa shape index (κ2) is 5.02. The first-order chi connectivity index (χ1) is 9.24. The quantitative estimate of drug-likeness (QED) is 0.917. The first kappa shape index (κ1) is 12.2. The summed E-state index contributed by atoms with van der Waals surface area (Å²) in [5, 5.41) is 9.86. The van der Waals surface area contributed by atoms with Gasteiger partial charge in [0, 0.05) is 11.3 Å². The summed E-state index contributed by atoms with van der Waals surface area (Å²) in [7, 11) is 0. The molecule has 1 atom stereocenters. The van der Waals surface area contributed by atoms with Crippen molar-refractivity contribution < 1.29 is 9.84 Å². The summed E-state index contributed by atoms with van der Waals surface area (Å²) >= 11 is 0.